The standard InChI is InChI=1S/C41H58F2N2O6.C2H6/c1-24(46)45(18-25-15-26(42)17-27(43)16-25)19-29-5-6-31-37(50-29)36(47)35-30-7-8-32-38(2,3)33(51-34-20-44(13-14-49-34)28-21-48-22-28)9-10-41(32)23-40(30,41)12-11-39(31,35)4;1-2/h15-17,28-37,47H,5-14,18-23H2,1-4H3;1-2H3/t29?,30?,31?,32-,33?,34?,35?,36+,37?,39?,40-,41+;/m0./s1. The van der Waals surface area contributed by atoms with Crippen molar-refractivity contribution < 1.29 is 37.6 Å². The number of ether oxygens (including phenoxy) is 4. The first-order valence-electron chi connectivity index (χ1n) is 21.0. The van der Waals surface area contributed by atoms with Crippen LogP contribution in [0.2, 0.25) is 0 Å². The molecule has 2 spiro atoms. The van der Waals surface area contributed by atoms with Gasteiger partial charge in [0.05, 0.1) is 56.8 Å². The van der Waals surface area contributed by atoms with E-state index in [1.54, 1.807) is 4.90 Å². The van der Waals surface area contributed by atoms with E-state index in [0.29, 0.717) is 53.3 Å². The van der Waals surface area contributed by atoms with Crippen molar-refractivity contribution in [3.05, 3.63) is 35.4 Å². The second-order valence-corrected chi connectivity index (χ2v) is 18.8. The fourth-order valence-electron chi connectivity index (χ4n) is 13.9. The van der Waals surface area contributed by atoms with Gasteiger partial charge < -0.3 is 29.0 Å². The summed E-state index contributed by atoms with van der Waals surface area (Å²) in [6, 6.07) is 3.91. The number of hydrogen-bond acceptors (Lipinski definition) is 7. The number of rotatable bonds is 7. The summed E-state index contributed by atoms with van der Waals surface area (Å²) in [5.41, 5.74) is 1.14. The van der Waals surface area contributed by atoms with Gasteiger partial charge >= 0.3 is 0 Å². The quantitative estimate of drug-likeness (QED) is 0.324. The molecule has 0 bridgehead atoms. The second-order valence-electron chi connectivity index (χ2n) is 18.8. The average molecular weight is 743 g/mol. The number of aliphatic hydroxyl groups is 1. The van der Waals surface area contributed by atoms with Gasteiger partial charge in [-0.2, -0.15) is 0 Å². The molecule has 3 aliphatic heterocycles. The first-order valence-corrected chi connectivity index (χ1v) is 21.0. The predicted octanol–water partition coefficient (Wildman–Crippen LogP) is 6.96. The van der Waals surface area contributed by atoms with Crippen LogP contribution in [0.25, 0.3) is 0 Å². The van der Waals surface area contributed by atoms with Gasteiger partial charge in [0.15, 0.2) is 6.29 Å². The van der Waals surface area contributed by atoms with Gasteiger partial charge in [-0.25, -0.2) is 8.78 Å². The number of carbonyl (C=O) groups excluding carboxylic acids is 1. The van der Waals surface area contributed by atoms with Crippen molar-refractivity contribution in [2.24, 2.45) is 45.3 Å². The van der Waals surface area contributed by atoms with E-state index in [0.717, 1.165) is 64.5 Å². The van der Waals surface area contributed by atoms with E-state index in [4.69, 9.17) is 18.9 Å². The molecule has 8 nitrogen and oxygen atoms in total. The highest BCUT2D eigenvalue weighted by Gasteiger charge is 2.81. The SMILES string of the molecule is CC.CC(=O)N(Cc1cc(F)cc(F)c1)CC1CCC2C(O1)[C@H](O)C1C3CC[C@H]4C(C)(C)C(OC5CN(C6COC6)CCO5)CC[C@@]45C[C@@]35CCC21C. The zero-order valence-electron chi connectivity index (χ0n) is 33.0. The number of aliphatic hydroxyl groups excluding tert-OH is 1. The Morgan fingerprint density at radius 1 is 0.981 bits per heavy atom. The molecule has 1 aromatic rings. The average Bonchev–Trinajstić information content (AvgIpc) is 3.71. The maximum absolute atomic E-state index is 13.9. The van der Waals surface area contributed by atoms with Crippen LogP contribution in [0.1, 0.15) is 105 Å². The van der Waals surface area contributed by atoms with Crippen molar-refractivity contribution in [2.45, 2.75) is 143 Å². The highest BCUT2D eigenvalue weighted by atomic mass is 19.1. The molecule has 3 saturated heterocycles. The summed E-state index contributed by atoms with van der Waals surface area (Å²) >= 11 is 0. The van der Waals surface area contributed by atoms with Gasteiger partial charge in [-0.05, 0) is 121 Å². The summed E-state index contributed by atoms with van der Waals surface area (Å²) < 4.78 is 53.2. The van der Waals surface area contributed by atoms with Crippen LogP contribution in [-0.2, 0) is 30.3 Å². The van der Waals surface area contributed by atoms with Crippen LogP contribution in [0, 0.1) is 57.0 Å². The molecule has 5 aliphatic carbocycles. The van der Waals surface area contributed by atoms with E-state index in [2.05, 4.69) is 25.7 Å². The van der Waals surface area contributed by atoms with Gasteiger partial charge in [0.2, 0.25) is 5.91 Å². The Morgan fingerprint density at radius 2 is 1.72 bits per heavy atom. The highest BCUT2D eigenvalue weighted by molar-refractivity contribution is 5.73. The molecule has 8 unspecified atom stereocenters. The lowest BCUT2D eigenvalue weighted by Gasteiger charge is -2.60. The number of nitrogens with zero attached hydrogens (tertiary/aromatic N) is 2. The first kappa shape index (κ1) is 38.2. The fraction of sp³-hybridized carbons (Fsp3) is 0.837. The molecule has 296 valence electrons. The summed E-state index contributed by atoms with van der Waals surface area (Å²) in [5.74, 6) is 0.165. The van der Waals surface area contributed by atoms with Crippen LogP contribution in [-0.4, -0.2) is 97.0 Å². The molecule has 9 rings (SSSR count). The number of fused-ring (bicyclic) bond motifs is 4. The van der Waals surface area contributed by atoms with Crippen LogP contribution in [0.15, 0.2) is 18.2 Å². The van der Waals surface area contributed by atoms with Gasteiger partial charge in [-0.1, -0.05) is 34.6 Å². The van der Waals surface area contributed by atoms with Crippen molar-refractivity contribution in [3.8, 4) is 0 Å². The summed E-state index contributed by atoms with van der Waals surface area (Å²) in [7, 11) is 0. The monoisotopic (exact) mass is 742 g/mol. The lowest BCUT2D eigenvalue weighted by molar-refractivity contribution is -0.254. The number of hydrogen-bond donors (Lipinski definition) is 1. The predicted molar refractivity (Wildman–Crippen MR) is 197 cm³/mol. The van der Waals surface area contributed by atoms with E-state index in [9.17, 15) is 18.7 Å². The van der Waals surface area contributed by atoms with E-state index >= 15 is 0 Å². The van der Waals surface area contributed by atoms with Gasteiger partial charge in [0.25, 0.3) is 0 Å². The van der Waals surface area contributed by atoms with Crippen molar-refractivity contribution in [2.75, 3.05) is 39.5 Å². The van der Waals surface area contributed by atoms with Crippen molar-refractivity contribution in [1.82, 2.24) is 9.80 Å². The van der Waals surface area contributed by atoms with Gasteiger partial charge in [0, 0.05) is 32.6 Å². The highest BCUT2D eigenvalue weighted by Crippen LogP contribution is 2.87. The molecule has 0 aromatic heterocycles. The Labute approximate surface area is 315 Å². The number of benzene rings is 1. The molecule has 8 fully saturated rings. The number of amides is 1. The molecule has 10 heteroatoms. The Bertz CT molecular complexity index is 1500. The third-order valence-electron chi connectivity index (χ3n) is 16.3. The molecule has 5 saturated carbocycles. The maximum Gasteiger partial charge on any atom is 0.219 e. The maximum atomic E-state index is 13.9. The zero-order valence-corrected chi connectivity index (χ0v) is 33.0. The van der Waals surface area contributed by atoms with Gasteiger partial charge in [-0.3, -0.25) is 9.69 Å². The summed E-state index contributed by atoms with van der Waals surface area (Å²) in [6.45, 7) is 17.5. The van der Waals surface area contributed by atoms with Crippen LogP contribution >= 0.6 is 0 Å². The first-order chi connectivity index (χ1) is 25.3. The minimum atomic E-state index is -0.648. The third-order valence-corrected chi connectivity index (χ3v) is 16.3. The Hall–Kier alpha value is -1.69. The molecule has 3 heterocycles. The molecule has 1 aromatic carbocycles. The van der Waals surface area contributed by atoms with Crippen LogP contribution in [0.3, 0.4) is 0 Å². The van der Waals surface area contributed by atoms with E-state index in [1.807, 2.05) is 13.8 Å². The van der Waals surface area contributed by atoms with Crippen LogP contribution in [0.4, 0.5) is 8.78 Å². The lowest BCUT2D eigenvalue weighted by atomic mass is 9.46. The summed E-state index contributed by atoms with van der Waals surface area (Å²) in [5, 5.41) is 12.3. The topological polar surface area (TPSA) is 80.7 Å². The molecule has 1 N–H and O–H groups in total. The van der Waals surface area contributed by atoms with Crippen LogP contribution < -0.4 is 0 Å². The van der Waals surface area contributed by atoms with Crippen molar-refractivity contribution >= 4 is 5.91 Å². The normalized spacial score (nSPS) is 44.1. The number of halogens is 2. The minimum Gasteiger partial charge on any atom is -0.390 e. The number of morpholine rings is 1. The summed E-state index contributed by atoms with van der Waals surface area (Å²) in [4.78, 5) is 16.8. The molecule has 8 aliphatic rings. The molecule has 53 heavy (non-hydrogen) atoms. The largest absolute Gasteiger partial charge is 0.390 e. The van der Waals surface area contributed by atoms with Gasteiger partial charge in [0.1, 0.15) is 11.6 Å². The van der Waals surface area contributed by atoms with Crippen LogP contribution in [0.5, 0.6) is 0 Å². The molecule has 0 radical (unpaired) electrons. The fourth-order valence-corrected chi connectivity index (χ4v) is 13.9. The Morgan fingerprint density at radius 3 is 2.42 bits per heavy atom. The van der Waals surface area contributed by atoms with E-state index < -0.39 is 17.7 Å². The Balaban J connectivity index is 0.00000197. The van der Waals surface area contributed by atoms with Gasteiger partial charge in [-0.15, -0.1) is 0 Å². The van der Waals surface area contributed by atoms with Crippen molar-refractivity contribution in [1.29, 1.82) is 0 Å². The Kier molecular flexibility index (Phi) is 10.1. The third kappa shape index (κ3) is 6.14. The zero-order chi connectivity index (χ0) is 37.5. The van der Waals surface area contributed by atoms with Crippen molar-refractivity contribution in [3.63, 3.8) is 0 Å². The second kappa shape index (κ2) is 14.0. The smallest absolute Gasteiger partial charge is 0.219 e. The minimum absolute atomic E-state index is 0.0342. The molecular formula is C43H64F2N2O6. The van der Waals surface area contributed by atoms with E-state index in [1.165, 1.54) is 44.7 Å². The molecule has 12 atom stereocenters. The summed E-state index contributed by atoms with van der Waals surface area (Å²) in [6.07, 6.45) is 9.06. The number of carbonyl (C=O) groups is 1. The molecular weight excluding hydrogens is 678 g/mol. The van der Waals surface area contributed by atoms with E-state index in [-0.39, 0.29) is 53.8 Å². The molecule has 1 amide bonds. The lowest BCUT2D eigenvalue weighted by Crippen LogP contribution is -2.58.